The Labute approximate surface area is 123 Å². The molecule has 1 aliphatic rings. The van der Waals surface area contributed by atoms with Crippen molar-refractivity contribution in [2.24, 2.45) is 0 Å². The summed E-state index contributed by atoms with van der Waals surface area (Å²) in [5, 5.41) is 0. The van der Waals surface area contributed by atoms with Crippen molar-refractivity contribution in [1.82, 2.24) is 0 Å². The Morgan fingerprint density at radius 1 is 1.05 bits per heavy atom. The van der Waals surface area contributed by atoms with Gasteiger partial charge in [-0.1, -0.05) is 0 Å². The van der Waals surface area contributed by atoms with Crippen LogP contribution in [0.5, 0.6) is 0 Å². The van der Waals surface area contributed by atoms with Gasteiger partial charge < -0.3 is 28.4 Å². The van der Waals surface area contributed by atoms with Crippen LogP contribution in [0.4, 0.5) is 0 Å². The van der Waals surface area contributed by atoms with E-state index >= 15 is 0 Å². The maximum Gasteiger partial charge on any atom is 0.303 e. The Morgan fingerprint density at radius 3 is 2.14 bits per heavy atom. The molecule has 0 spiro atoms. The van der Waals surface area contributed by atoms with Gasteiger partial charge in [0.25, 0.3) is 0 Å². The van der Waals surface area contributed by atoms with E-state index in [1.807, 2.05) is 0 Å². The predicted octanol–water partition coefficient (Wildman–Crippen LogP) is -0.117. The minimum absolute atomic E-state index is 0.0267. The molecule has 8 nitrogen and oxygen atoms in total. The molecule has 0 aromatic rings. The first-order chi connectivity index (χ1) is 9.94. The number of carbonyl (C=O) groups excluding carboxylic acids is 2. The molecule has 1 aliphatic heterocycles. The smallest absolute Gasteiger partial charge is 0.303 e. The molecule has 1 fully saturated rings. The van der Waals surface area contributed by atoms with E-state index in [1.54, 1.807) is 0 Å². The summed E-state index contributed by atoms with van der Waals surface area (Å²) in [7, 11) is 4.37. The molecule has 0 bridgehead atoms. The molecule has 1 saturated heterocycles. The molecule has 5 atom stereocenters. The average Bonchev–Trinajstić information content (AvgIpc) is 2.76. The van der Waals surface area contributed by atoms with Gasteiger partial charge in [-0.3, -0.25) is 9.59 Å². The number of ether oxygens (including phenoxy) is 6. The fourth-order valence-corrected chi connectivity index (χ4v) is 2.21. The number of hydrogen-bond donors (Lipinski definition) is 0. The molecule has 0 N–H and O–H groups in total. The first-order valence-corrected chi connectivity index (χ1v) is 6.49. The number of esters is 2. The highest BCUT2D eigenvalue weighted by atomic mass is 16.7. The van der Waals surface area contributed by atoms with Crippen LogP contribution in [-0.2, 0) is 38.0 Å². The molecular formula is C13H22O8. The van der Waals surface area contributed by atoms with E-state index in [9.17, 15) is 9.59 Å². The van der Waals surface area contributed by atoms with E-state index < -0.39 is 42.6 Å². The Hall–Kier alpha value is -1.22. The average molecular weight is 306 g/mol. The van der Waals surface area contributed by atoms with Gasteiger partial charge >= 0.3 is 11.9 Å². The third kappa shape index (κ3) is 4.63. The molecule has 21 heavy (non-hydrogen) atoms. The lowest BCUT2D eigenvalue weighted by atomic mass is 10.1. The molecule has 0 radical (unpaired) electrons. The normalized spacial score (nSPS) is 30.0. The van der Waals surface area contributed by atoms with Crippen molar-refractivity contribution in [3.05, 3.63) is 0 Å². The molecule has 122 valence electrons. The van der Waals surface area contributed by atoms with Gasteiger partial charge in [0.1, 0.15) is 24.9 Å². The predicted molar refractivity (Wildman–Crippen MR) is 69.5 cm³/mol. The van der Waals surface area contributed by atoms with Crippen molar-refractivity contribution < 1.29 is 38.0 Å². The van der Waals surface area contributed by atoms with Crippen LogP contribution < -0.4 is 0 Å². The Kier molecular flexibility index (Phi) is 7.03. The molecule has 0 aromatic carbocycles. The van der Waals surface area contributed by atoms with Crippen molar-refractivity contribution >= 4 is 11.9 Å². The highest BCUT2D eigenvalue weighted by Gasteiger charge is 2.51. The van der Waals surface area contributed by atoms with Gasteiger partial charge in [0.15, 0.2) is 12.4 Å². The Bertz CT molecular complexity index is 358. The lowest BCUT2D eigenvalue weighted by Crippen LogP contribution is -2.45. The van der Waals surface area contributed by atoms with Crippen molar-refractivity contribution in [2.45, 2.75) is 44.6 Å². The fourth-order valence-electron chi connectivity index (χ4n) is 2.21. The van der Waals surface area contributed by atoms with Crippen molar-refractivity contribution in [1.29, 1.82) is 0 Å². The highest BCUT2D eigenvalue weighted by Crippen LogP contribution is 2.30. The number of carbonyl (C=O) groups is 2. The zero-order chi connectivity index (χ0) is 16.0. The second-order valence-corrected chi connectivity index (χ2v) is 4.56. The monoisotopic (exact) mass is 306 g/mol. The second-order valence-electron chi connectivity index (χ2n) is 4.56. The van der Waals surface area contributed by atoms with Crippen LogP contribution in [0.15, 0.2) is 0 Å². The minimum atomic E-state index is -0.724. The summed E-state index contributed by atoms with van der Waals surface area (Å²) in [5.41, 5.74) is 0. The highest BCUT2D eigenvalue weighted by molar-refractivity contribution is 5.66. The second kappa shape index (κ2) is 8.28. The Balaban J connectivity index is 2.88. The quantitative estimate of drug-likeness (QED) is 0.602. The summed E-state index contributed by atoms with van der Waals surface area (Å²) < 4.78 is 31.6. The molecule has 1 rings (SSSR count). The molecular weight excluding hydrogens is 284 g/mol. The summed E-state index contributed by atoms with van der Waals surface area (Å²) in [4.78, 5) is 22.2. The number of rotatable bonds is 7. The molecule has 8 heteroatoms. The van der Waals surface area contributed by atoms with Gasteiger partial charge in [0, 0.05) is 35.2 Å². The van der Waals surface area contributed by atoms with Crippen LogP contribution >= 0.6 is 0 Å². The van der Waals surface area contributed by atoms with Crippen molar-refractivity contribution in [3.63, 3.8) is 0 Å². The SMILES string of the molecule is CO[C@H]1O[C@@H]([C@@H](COC(C)=O)OC)[C@H](OC(C)=O)[C@H]1OC. The van der Waals surface area contributed by atoms with Gasteiger partial charge in [-0.25, -0.2) is 0 Å². The van der Waals surface area contributed by atoms with Crippen molar-refractivity contribution in [2.75, 3.05) is 27.9 Å². The van der Waals surface area contributed by atoms with Crippen LogP contribution in [0.1, 0.15) is 13.8 Å². The summed E-state index contributed by atoms with van der Waals surface area (Å²) in [6.45, 7) is 2.56. The maximum atomic E-state index is 11.3. The van der Waals surface area contributed by atoms with Crippen LogP contribution in [0, 0.1) is 0 Å². The molecule has 0 unspecified atom stereocenters. The zero-order valence-electron chi connectivity index (χ0n) is 12.9. The van der Waals surface area contributed by atoms with Gasteiger partial charge in [-0.05, 0) is 0 Å². The fraction of sp³-hybridized carbons (Fsp3) is 0.846. The summed E-state index contributed by atoms with van der Waals surface area (Å²) in [6, 6.07) is 0. The lowest BCUT2D eigenvalue weighted by molar-refractivity contribution is -0.179. The molecule has 0 aromatic heterocycles. The van der Waals surface area contributed by atoms with E-state index in [1.165, 1.54) is 35.2 Å². The standard InChI is InChI=1S/C13H22O8/c1-7(14)19-6-9(16-3)10-11(20-8(2)15)12(17-4)13(18-5)21-10/h9-13H,6H2,1-5H3/t9-,10+,11+,12-,13+/m1/s1. The van der Waals surface area contributed by atoms with E-state index in [-0.39, 0.29) is 6.61 Å². The molecule has 0 aliphatic carbocycles. The largest absolute Gasteiger partial charge is 0.463 e. The topological polar surface area (TPSA) is 89.5 Å². The molecule has 0 saturated carbocycles. The van der Waals surface area contributed by atoms with Gasteiger partial charge in [0.2, 0.25) is 0 Å². The van der Waals surface area contributed by atoms with E-state index in [0.29, 0.717) is 0 Å². The lowest BCUT2D eigenvalue weighted by Gasteiger charge is -2.26. The van der Waals surface area contributed by atoms with E-state index in [2.05, 4.69) is 0 Å². The van der Waals surface area contributed by atoms with Gasteiger partial charge in [0.05, 0.1) is 0 Å². The molecule has 0 amide bonds. The molecule has 1 heterocycles. The van der Waals surface area contributed by atoms with E-state index in [0.717, 1.165) is 0 Å². The third-order valence-corrected chi connectivity index (χ3v) is 3.13. The zero-order valence-corrected chi connectivity index (χ0v) is 12.9. The first kappa shape index (κ1) is 17.8. The Morgan fingerprint density at radius 2 is 1.71 bits per heavy atom. The summed E-state index contributed by atoms with van der Waals surface area (Å²) >= 11 is 0. The number of hydrogen-bond acceptors (Lipinski definition) is 8. The summed E-state index contributed by atoms with van der Waals surface area (Å²) in [5.74, 6) is -0.916. The minimum Gasteiger partial charge on any atom is -0.463 e. The third-order valence-electron chi connectivity index (χ3n) is 3.13. The van der Waals surface area contributed by atoms with Crippen LogP contribution in [0.25, 0.3) is 0 Å². The van der Waals surface area contributed by atoms with Gasteiger partial charge in [-0.15, -0.1) is 0 Å². The van der Waals surface area contributed by atoms with Crippen LogP contribution in [-0.4, -0.2) is 70.6 Å². The first-order valence-electron chi connectivity index (χ1n) is 6.49. The maximum absolute atomic E-state index is 11.3. The summed E-state index contributed by atoms with van der Waals surface area (Å²) in [6.07, 6.45) is -3.32. The van der Waals surface area contributed by atoms with Gasteiger partial charge in [-0.2, -0.15) is 0 Å². The van der Waals surface area contributed by atoms with Crippen LogP contribution in [0.3, 0.4) is 0 Å². The van der Waals surface area contributed by atoms with E-state index in [4.69, 9.17) is 28.4 Å². The van der Waals surface area contributed by atoms with Crippen molar-refractivity contribution in [3.8, 4) is 0 Å². The van der Waals surface area contributed by atoms with Crippen LogP contribution in [0.2, 0.25) is 0 Å². The number of methoxy groups -OCH3 is 3.